The monoisotopic (exact) mass is 494 g/mol. The van der Waals surface area contributed by atoms with E-state index in [2.05, 4.69) is 28.0 Å². The van der Waals surface area contributed by atoms with Crippen molar-refractivity contribution in [2.45, 2.75) is 32.6 Å². The molecule has 1 aliphatic rings. The highest BCUT2D eigenvalue weighted by molar-refractivity contribution is 7.15. The van der Waals surface area contributed by atoms with Gasteiger partial charge < -0.3 is 4.74 Å². The Balaban J connectivity index is 1.35. The van der Waals surface area contributed by atoms with Crippen molar-refractivity contribution in [2.75, 3.05) is 26.2 Å². The zero-order valence-corrected chi connectivity index (χ0v) is 20.7. The van der Waals surface area contributed by atoms with Gasteiger partial charge in [-0.3, -0.25) is 9.69 Å². The Labute approximate surface area is 207 Å². The zero-order chi connectivity index (χ0) is 23.5. The molecule has 0 aliphatic carbocycles. The first kappa shape index (κ1) is 23.0. The number of benzene rings is 2. The predicted molar refractivity (Wildman–Crippen MR) is 137 cm³/mol. The van der Waals surface area contributed by atoms with E-state index in [1.807, 2.05) is 41.8 Å². The van der Waals surface area contributed by atoms with Crippen LogP contribution in [0.1, 0.15) is 36.1 Å². The maximum absolute atomic E-state index is 12.5. The molecule has 4 aromatic rings. The van der Waals surface area contributed by atoms with E-state index >= 15 is 0 Å². The average Bonchev–Trinajstić information content (AvgIpc) is 3.25. The van der Waals surface area contributed by atoms with Crippen molar-refractivity contribution in [2.24, 2.45) is 0 Å². The lowest BCUT2D eigenvalue weighted by atomic mass is 10.1. The number of hydrogen-bond donors (Lipinski definition) is 0. The quantitative estimate of drug-likeness (QED) is 0.352. The molecule has 0 saturated carbocycles. The van der Waals surface area contributed by atoms with Crippen molar-refractivity contribution < 1.29 is 4.74 Å². The highest BCUT2D eigenvalue weighted by atomic mass is 35.5. The van der Waals surface area contributed by atoms with Crippen molar-refractivity contribution in [3.05, 3.63) is 80.0 Å². The molecule has 2 aromatic heterocycles. The molecule has 0 N–H and O–H groups in total. The largest absolute Gasteiger partial charge is 0.492 e. The van der Waals surface area contributed by atoms with Crippen LogP contribution < -0.4 is 10.3 Å². The first-order chi connectivity index (χ1) is 16.6. The molecular weight excluding hydrogens is 468 g/mol. The maximum atomic E-state index is 12.5. The number of halogens is 1. The number of thiazole rings is 1. The topological polar surface area (TPSA) is 59.7 Å². The van der Waals surface area contributed by atoms with E-state index < -0.39 is 0 Å². The summed E-state index contributed by atoms with van der Waals surface area (Å²) in [5.74, 6) is 0.904. The second kappa shape index (κ2) is 10.3. The molecule has 1 saturated heterocycles. The number of rotatable bonds is 7. The van der Waals surface area contributed by atoms with Gasteiger partial charge in [0.25, 0.3) is 5.56 Å². The Morgan fingerprint density at radius 1 is 1.09 bits per heavy atom. The number of piperidine rings is 1. The van der Waals surface area contributed by atoms with E-state index in [0.29, 0.717) is 28.7 Å². The Morgan fingerprint density at radius 3 is 2.65 bits per heavy atom. The third-order valence-electron chi connectivity index (χ3n) is 6.22. The van der Waals surface area contributed by atoms with Crippen molar-refractivity contribution >= 4 is 27.9 Å². The Bertz CT molecular complexity index is 1340. The van der Waals surface area contributed by atoms with Gasteiger partial charge in [-0.05, 0) is 74.3 Å². The van der Waals surface area contributed by atoms with Crippen LogP contribution in [0.2, 0.25) is 5.02 Å². The van der Waals surface area contributed by atoms with E-state index in [1.165, 1.54) is 43.7 Å². The fourth-order valence-electron chi connectivity index (χ4n) is 4.33. The molecular formula is C26H27ClN4O2S. The molecule has 34 heavy (non-hydrogen) atoms. The number of hydrogen-bond acceptors (Lipinski definition) is 6. The minimum Gasteiger partial charge on any atom is -0.492 e. The van der Waals surface area contributed by atoms with Gasteiger partial charge in [-0.1, -0.05) is 30.2 Å². The van der Waals surface area contributed by atoms with Crippen LogP contribution in [0, 0.1) is 6.92 Å². The van der Waals surface area contributed by atoms with E-state index in [9.17, 15) is 4.79 Å². The zero-order valence-electron chi connectivity index (χ0n) is 19.2. The van der Waals surface area contributed by atoms with Gasteiger partial charge in [0.1, 0.15) is 18.1 Å². The summed E-state index contributed by atoms with van der Waals surface area (Å²) >= 11 is 7.40. The molecule has 0 spiro atoms. The number of nitrogens with zero attached hydrogens (tertiary/aromatic N) is 4. The van der Waals surface area contributed by atoms with Gasteiger partial charge in [-0.25, -0.2) is 4.52 Å². The van der Waals surface area contributed by atoms with Gasteiger partial charge >= 0.3 is 0 Å². The van der Waals surface area contributed by atoms with E-state index in [0.717, 1.165) is 34.7 Å². The van der Waals surface area contributed by atoms with Crippen LogP contribution in [-0.4, -0.2) is 45.7 Å². The summed E-state index contributed by atoms with van der Waals surface area (Å²) < 4.78 is 7.85. The van der Waals surface area contributed by atoms with Gasteiger partial charge in [-0.2, -0.15) is 10.1 Å². The summed E-state index contributed by atoms with van der Waals surface area (Å²) in [6, 6.07) is 13.6. The molecule has 3 heterocycles. The molecule has 6 nitrogen and oxygen atoms in total. The van der Waals surface area contributed by atoms with Crippen LogP contribution in [-0.2, 0) is 6.42 Å². The average molecular weight is 495 g/mol. The molecule has 176 valence electrons. The third-order valence-corrected chi connectivity index (χ3v) is 7.29. The number of aromatic nitrogens is 3. The fourth-order valence-corrected chi connectivity index (χ4v) is 5.29. The molecule has 0 amide bonds. The fraction of sp³-hybridized carbons (Fsp3) is 0.346. The van der Waals surface area contributed by atoms with Crippen LogP contribution in [0.3, 0.4) is 0 Å². The molecule has 1 aliphatic heterocycles. The third kappa shape index (κ3) is 5.17. The first-order valence-corrected chi connectivity index (χ1v) is 12.9. The minimum absolute atomic E-state index is 0.294. The predicted octanol–water partition coefficient (Wildman–Crippen LogP) is 5.24. The van der Waals surface area contributed by atoms with Crippen molar-refractivity contribution in [1.82, 2.24) is 19.5 Å². The molecule has 0 radical (unpaired) electrons. The van der Waals surface area contributed by atoms with Crippen molar-refractivity contribution in [1.29, 1.82) is 0 Å². The van der Waals surface area contributed by atoms with E-state index in [-0.39, 0.29) is 5.56 Å². The lowest BCUT2D eigenvalue weighted by Crippen LogP contribution is -2.33. The van der Waals surface area contributed by atoms with Crippen LogP contribution in [0.25, 0.3) is 16.2 Å². The Hall–Kier alpha value is -2.74. The van der Waals surface area contributed by atoms with Gasteiger partial charge in [0.05, 0.1) is 5.69 Å². The normalized spacial score (nSPS) is 14.5. The molecule has 5 rings (SSSR count). The van der Waals surface area contributed by atoms with Gasteiger partial charge in [0.2, 0.25) is 4.96 Å². The summed E-state index contributed by atoms with van der Waals surface area (Å²) in [6.07, 6.45) is 4.33. The van der Waals surface area contributed by atoms with Gasteiger partial charge in [-0.15, -0.1) is 11.3 Å². The lowest BCUT2D eigenvalue weighted by Gasteiger charge is -2.26. The van der Waals surface area contributed by atoms with Crippen molar-refractivity contribution in [3.63, 3.8) is 0 Å². The van der Waals surface area contributed by atoms with E-state index in [4.69, 9.17) is 16.3 Å². The summed E-state index contributed by atoms with van der Waals surface area (Å²) in [7, 11) is 0. The van der Waals surface area contributed by atoms with Crippen LogP contribution in [0.15, 0.2) is 52.6 Å². The number of likely N-dealkylation sites (tertiary alicyclic amines) is 1. The standard InChI is InChI=1S/C26H27ClN4O2S/c1-18-15-20(7-10-24(18)33-14-13-30-11-3-2-4-12-30)23-17-34-26-28-25(32)22(29-31(23)26)16-19-5-8-21(27)9-6-19/h5-10,15,17H,2-4,11-14,16H2,1H3. The Kier molecular flexibility index (Phi) is 6.94. The van der Waals surface area contributed by atoms with Crippen LogP contribution in [0.5, 0.6) is 5.75 Å². The molecule has 0 atom stereocenters. The van der Waals surface area contributed by atoms with E-state index in [1.54, 1.807) is 4.52 Å². The van der Waals surface area contributed by atoms with Crippen LogP contribution in [0.4, 0.5) is 0 Å². The number of ether oxygens (including phenoxy) is 1. The summed E-state index contributed by atoms with van der Waals surface area (Å²) in [5, 5.41) is 7.32. The molecule has 0 unspecified atom stereocenters. The smallest absolute Gasteiger partial charge is 0.296 e. The molecule has 8 heteroatoms. The second-order valence-electron chi connectivity index (χ2n) is 8.71. The summed E-state index contributed by atoms with van der Waals surface area (Å²) in [4.78, 5) is 19.9. The summed E-state index contributed by atoms with van der Waals surface area (Å²) in [6.45, 7) is 6.08. The van der Waals surface area contributed by atoms with Crippen LogP contribution >= 0.6 is 22.9 Å². The highest BCUT2D eigenvalue weighted by Crippen LogP contribution is 2.29. The second-order valence-corrected chi connectivity index (χ2v) is 9.99. The first-order valence-electron chi connectivity index (χ1n) is 11.6. The molecule has 2 aromatic carbocycles. The molecule has 1 fully saturated rings. The number of fused-ring (bicyclic) bond motifs is 1. The lowest BCUT2D eigenvalue weighted by molar-refractivity contribution is 0.183. The maximum Gasteiger partial charge on any atom is 0.296 e. The highest BCUT2D eigenvalue weighted by Gasteiger charge is 2.14. The molecule has 0 bridgehead atoms. The van der Waals surface area contributed by atoms with Crippen molar-refractivity contribution in [3.8, 4) is 17.0 Å². The van der Waals surface area contributed by atoms with Gasteiger partial charge in [0, 0.05) is 28.9 Å². The minimum atomic E-state index is -0.294. The van der Waals surface area contributed by atoms with Gasteiger partial charge in [0.15, 0.2) is 0 Å². The summed E-state index contributed by atoms with van der Waals surface area (Å²) in [5.41, 5.74) is 4.08. The Morgan fingerprint density at radius 2 is 1.88 bits per heavy atom. The number of aryl methyl sites for hydroxylation is 1. The SMILES string of the molecule is Cc1cc(-c2csc3nc(=O)c(Cc4ccc(Cl)cc4)nn23)ccc1OCCN1CCCCC1.